The van der Waals surface area contributed by atoms with Crippen LogP contribution in [0.5, 0.6) is 0 Å². The van der Waals surface area contributed by atoms with Crippen LogP contribution < -0.4 is 0 Å². The number of halogens is 1. The van der Waals surface area contributed by atoms with Gasteiger partial charge < -0.3 is 9.64 Å². The van der Waals surface area contributed by atoms with E-state index >= 15 is 0 Å². The van der Waals surface area contributed by atoms with E-state index in [2.05, 4.69) is 0 Å². The Kier molecular flexibility index (Phi) is 3.88. The maximum absolute atomic E-state index is 13.0. The number of carbonyl (C=O) groups is 2. The van der Waals surface area contributed by atoms with E-state index in [1.54, 1.807) is 26.1 Å². The van der Waals surface area contributed by atoms with Crippen LogP contribution in [0, 0.1) is 5.82 Å². The fraction of sp³-hybridized carbons (Fsp3) is 0.333. The van der Waals surface area contributed by atoms with Crippen molar-refractivity contribution in [3.05, 3.63) is 46.9 Å². The molecule has 0 aliphatic carbocycles. The number of carbonyl (C=O) groups excluding carboxylic acids is 2. The standard InChI is InChI=1S/C15H16FNO3/c1-9-14(15(19)20-3)12(8-13(18)17(9)2)10-4-6-11(16)7-5-10/h4-7,12H,8H2,1-3H3/t12-/m0/s1. The monoisotopic (exact) mass is 277 g/mol. The Morgan fingerprint density at radius 1 is 1.35 bits per heavy atom. The average Bonchev–Trinajstić information content (AvgIpc) is 2.44. The van der Waals surface area contributed by atoms with Crippen molar-refractivity contribution in [2.45, 2.75) is 19.3 Å². The summed E-state index contributed by atoms with van der Waals surface area (Å²) in [6.45, 7) is 1.71. The minimum Gasteiger partial charge on any atom is -0.466 e. The van der Waals surface area contributed by atoms with Gasteiger partial charge in [0, 0.05) is 25.1 Å². The maximum Gasteiger partial charge on any atom is 0.336 e. The Bertz CT molecular complexity index is 577. The second-order valence-corrected chi connectivity index (χ2v) is 4.75. The summed E-state index contributed by atoms with van der Waals surface area (Å²) in [4.78, 5) is 25.4. The van der Waals surface area contributed by atoms with Crippen molar-refractivity contribution in [2.24, 2.45) is 0 Å². The van der Waals surface area contributed by atoms with Crippen molar-refractivity contribution < 1.29 is 18.7 Å². The number of hydrogen-bond donors (Lipinski definition) is 0. The first-order valence-corrected chi connectivity index (χ1v) is 6.26. The normalized spacial score (nSPS) is 19.3. The molecule has 0 fully saturated rings. The average molecular weight is 277 g/mol. The van der Waals surface area contributed by atoms with Crippen molar-refractivity contribution in [1.29, 1.82) is 0 Å². The lowest BCUT2D eigenvalue weighted by atomic mass is 9.84. The van der Waals surface area contributed by atoms with E-state index in [9.17, 15) is 14.0 Å². The number of methoxy groups -OCH3 is 1. The maximum atomic E-state index is 13.0. The number of nitrogens with zero attached hydrogens (tertiary/aromatic N) is 1. The minimum absolute atomic E-state index is 0.0792. The van der Waals surface area contributed by atoms with Gasteiger partial charge in [0.15, 0.2) is 0 Å². The zero-order valence-electron chi connectivity index (χ0n) is 11.6. The molecule has 0 radical (unpaired) electrons. The topological polar surface area (TPSA) is 46.6 Å². The van der Waals surface area contributed by atoms with Crippen molar-refractivity contribution in [3.63, 3.8) is 0 Å². The highest BCUT2D eigenvalue weighted by Gasteiger charge is 2.35. The van der Waals surface area contributed by atoms with E-state index in [1.165, 1.54) is 24.1 Å². The zero-order valence-corrected chi connectivity index (χ0v) is 11.6. The Morgan fingerprint density at radius 3 is 2.50 bits per heavy atom. The van der Waals surface area contributed by atoms with Crippen LogP contribution in [0.2, 0.25) is 0 Å². The largest absolute Gasteiger partial charge is 0.466 e. The van der Waals surface area contributed by atoms with Gasteiger partial charge in [-0.1, -0.05) is 12.1 Å². The molecule has 1 aromatic rings. The molecule has 1 heterocycles. The lowest BCUT2D eigenvalue weighted by molar-refractivity contribution is -0.137. The summed E-state index contributed by atoms with van der Waals surface area (Å²) in [5.74, 6) is -1.29. The summed E-state index contributed by atoms with van der Waals surface area (Å²) in [5.41, 5.74) is 1.75. The molecule has 1 amide bonds. The molecule has 20 heavy (non-hydrogen) atoms. The first-order chi connectivity index (χ1) is 9.45. The molecule has 0 bridgehead atoms. The fourth-order valence-electron chi connectivity index (χ4n) is 2.41. The predicted molar refractivity (Wildman–Crippen MR) is 71.2 cm³/mol. The van der Waals surface area contributed by atoms with E-state index < -0.39 is 11.9 Å². The number of amides is 1. The minimum atomic E-state index is -0.462. The molecule has 0 aromatic heterocycles. The van der Waals surface area contributed by atoms with Crippen LogP contribution in [-0.2, 0) is 14.3 Å². The molecule has 1 atom stereocenters. The number of allylic oxidation sites excluding steroid dienone is 1. The van der Waals surface area contributed by atoms with Crippen molar-refractivity contribution in [1.82, 2.24) is 4.90 Å². The van der Waals surface area contributed by atoms with Crippen LogP contribution in [0.1, 0.15) is 24.8 Å². The van der Waals surface area contributed by atoms with Crippen molar-refractivity contribution >= 4 is 11.9 Å². The molecular formula is C15H16FNO3. The van der Waals surface area contributed by atoms with Gasteiger partial charge in [-0.3, -0.25) is 4.79 Å². The second-order valence-electron chi connectivity index (χ2n) is 4.75. The zero-order chi connectivity index (χ0) is 14.9. The van der Waals surface area contributed by atoms with Gasteiger partial charge in [-0.2, -0.15) is 0 Å². The van der Waals surface area contributed by atoms with Crippen LogP contribution in [0.4, 0.5) is 4.39 Å². The van der Waals surface area contributed by atoms with Crippen LogP contribution in [0.3, 0.4) is 0 Å². The number of esters is 1. The molecule has 106 valence electrons. The van der Waals surface area contributed by atoms with Crippen LogP contribution in [-0.4, -0.2) is 30.9 Å². The smallest absolute Gasteiger partial charge is 0.336 e. The molecule has 2 rings (SSSR count). The molecule has 0 saturated carbocycles. The summed E-state index contributed by atoms with van der Waals surface area (Å²) in [5, 5.41) is 0. The highest BCUT2D eigenvalue weighted by molar-refractivity contribution is 5.95. The third-order valence-corrected chi connectivity index (χ3v) is 3.67. The highest BCUT2D eigenvalue weighted by Crippen LogP contribution is 2.36. The van der Waals surface area contributed by atoms with Gasteiger partial charge in [0.2, 0.25) is 5.91 Å². The van der Waals surface area contributed by atoms with E-state index in [0.29, 0.717) is 11.3 Å². The van der Waals surface area contributed by atoms with Crippen LogP contribution in [0.25, 0.3) is 0 Å². The Hall–Kier alpha value is -2.17. The number of benzene rings is 1. The van der Waals surface area contributed by atoms with Crippen molar-refractivity contribution in [3.8, 4) is 0 Å². The van der Waals surface area contributed by atoms with Crippen molar-refractivity contribution in [2.75, 3.05) is 14.2 Å². The van der Waals surface area contributed by atoms with Gasteiger partial charge in [0.1, 0.15) is 5.82 Å². The first-order valence-electron chi connectivity index (χ1n) is 6.26. The van der Waals surface area contributed by atoms with Gasteiger partial charge in [0.05, 0.1) is 12.7 Å². The summed E-state index contributed by atoms with van der Waals surface area (Å²) in [6.07, 6.45) is 0.171. The van der Waals surface area contributed by atoms with E-state index in [1.807, 2.05) is 0 Å². The Morgan fingerprint density at radius 2 is 1.95 bits per heavy atom. The SMILES string of the molecule is COC(=O)C1=C(C)N(C)C(=O)C[C@H]1c1ccc(F)cc1. The lowest BCUT2D eigenvalue weighted by Gasteiger charge is -2.31. The Labute approximate surface area is 116 Å². The van der Waals surface area contributed by atoms with E-state index in [-0.39, 0.29) is 18.1 Å². The predicted octanol–water partition coefficient (Wildman–Crippen LogP) is 2.22. The molecular weight excluding hydrogens is 261 g/mol. The molecule has 0 unspecified atom stereocenters. The van der Waals surface area contributed by atoms with Gasteiger partial charge in [-0.25, -0.2) is 9.18 Å². The molecule has 0 spiro atoms. The molecule has 5 heteroatoms. The second kappa shape index (κ2) is 5.45. The molecule has 1 aromatic carbocycles. The molecule has 0 N–H and O–H groups in total. The summed E-state index contributed by atoms with van der Waals surface area (Å²) in [6, 6.07) is 5.83. The Balaban J connectivity index is 2.51. The number of ether oxygens (including phenoxy) is 1. The van der Waals surface area contributed by atoms with Crippen LogP contribution in [0.15, 0.2) is 35.5 Å². The first kappa shape index (κ1) is 14.2. The quantitative estimate of drug-likeness (QED) is 0.779. The molecule has 4 nitrogen and oxygen atoms in total. The molecule has 1 aliphatic heterocycles. The van der Waals surface area contributed by atoms with Gasteiger partial charge >= 0.3 is 5.97 Å². The third kappa shape index (κ3) is 2.43. The summed E-state index contributed by atoms with van der Waals surface area (Å²) >= 11 is 0. The fourth-order valence-corrected chi connectivity index (χ4v) is 2.41. The van der Waals surface area contributed by atoms with E-state index in [4.69, 9.17) is 4.74 Å². The summed E-state index contributed by atoms with van der Waals surface area (Å²) in [7, 11) is 2.93. The van der Waals surface area contributed by atoms with Crippen LogP contribution >= 0.6 is 0 Å². The highest BCUT2D eigenvalue weighted by atomic mass is 19.1. The number of rotatable bonds is 2. The van der Waals surface area contributed by atoms with E-state index in [0.717, 1.165) is 5.56 Å². The molecule has 0 saturated heterocycles. The number of hydrogen-bond acceptors (Lipinski definition) is 3. The lowest BCUT2D eigenvalue weighted by Crippen LogP contribution is -2.35. The van der Waals surface area contributed by atoms with Gasteiger partial charge in [0.25, 0.3) is 0 Å². The summed E-state index contributed by atoms with van der Waals surface area (Å²) < 4.78 is 17.8. The third-order valence-electron chi connectivity index (χ3n) is 3.67. The van der Waals surface area contributed by atoms with Gasteiger partial charge in [-0.05, 0) is 24.6 Å². The van der Waals surface area contributed by atoms with Gasteiger partial charge in [-0.15, -0.1) is 0 Å². The molecule has 1 aliphatic rings.